The molecule has 0 N–H and O–H groups in total. The molecule has 0 unspecified atom stereocenters. The molecule has 0 aliphatic carbocycles. The largest absolute Gasteiger partial charge is 0.442 e. The Morgan fingerprint density at radius 1 is 1.44 bits per heavy atom. The monoisotopic (exact) mass is 279 g/mol. The van der Waals surface area contributed by atoms with Gasteiger partial charge in [0.25, 0.3) is 0 Å². The highest BCUT2D eigenvalue weighted by Crippen LogP contribution is 2.22. The van der Waals surface area contributed by atoms with E-state index in [1.54, 1.807) is 0 Å². The molecule has 0 spiro atoms. The summed E-state index contributed by atoms with van der Waals surface area (Å²) in [6.45, 7) is 2.32. The molecule has 0 aromatic carbocycles. The Morgan fingerprint density at radius 2 is 2.33 bits per heavy atom. The molecule has 7 heteroatoms. The first kappa shape index (κ1) is 11.4. The third-order valence-electron chi connectivity index (χ3n) is 2.39. The maximum absolute atomic E-state index is 11.7. The van der Waals surface area contributed by atoms with Gasteiger partial charge in [-0.2, -0.15) is 0 Å². The van der Waals surface area contributed by atoms with Gasteiger partial charge in [0.1, 0.15) is 5.01 Å². The predicted octanol–water partition coefficient (Wildman–Crippen LogP) is 2.38. The third kappa shape index (κ3) is 2.02. The molecular formula is C11H9N3O2S2. The minimum Gasteiger partial charge on any atom is -0.295 e. The van der Waals surface area contributed by atoms with Crippen LogP contribution in [0.4, 0.5) is 0 Å². The molecule has 0 fully saturated rings. The number of rotatable bonds is 3. The van der Waals surface area contributed by atoms with E-state index < -0.39 is 5.76 Å². The summed E-state index contributed by atoms with van der Waals surface area (Å²) in [7, 11) is 0. The van der Waals surface area contributed by atoms with Gasteiger partial charge in [-0.3, -0.25) is 4.52 Å². The Hall–Kier alpha value is -1.73. The molecule has 3 heterocycles. The average molecular weight is 279 g/mol. The second kappa shape index (κ2) is 4.51. The van der Waals surface area contributed by atoms with Crippen LogP contribution < -0.4 is 5.76 Å². The van der Waals surface area contributed by atoms with Crippen LogP contribution in [0.2, 0.25) is 0 Å². The molecule has 0 amide bonds. The maximum Gasteiger partial charge on any atom is 0.442 e. The summed E-state index contributed by atoms with van der Waals surface area (Å²) < 4.78 is 6.24. The SMILES string of the molecule is Cc1csc(Cn2c(-c3cccs3)noc2=O)n1. The van der Waals surface area contributed by atoms with Gasteiger partial charge in [0.15, 0.2) is 5.82 Å². The van der Waals surface area contributed by atoms with Gasteiger partial charge >= 0.3 is 5.76 Å². The van der Waals surface area contributed by atoms with E-state index in [-0.39, 0.29) is 0 Å². The lowest BCUT2D eigenvalue weighted by Crippen LogP contribution is -2.16. The Balaban J connectivity index is 2.01. The second-order valence-corrected chi connectivity index (χ2v) is 5.61. The van der Waals surface area contributed by atoms with Crippen LogP contribution in [0.1, 0.15) is 10.7 Å². The van der Waals surface area contributed by atoms with E-state index >= 15 is 0 Å². The van der Waals surface area contributed by atoms with Gasteiger partial charge in [-0.1, -0.05) is 11.2 Å². The van der Waals surface area contributed by atoms with E-state index in [4.69, 9.17) is 4.52 Å². The molecule has 0 saturated heterocycles. The lowest BCUT2D eigenvalue weighted by Gasteiger charge is -1.99. The molecule has 0 aliphatic heterocycles. The van der Waals surface area contributed by atoms with Gasteiger partial charge in [0, 0.05) is 11.1 Å². The molecule has 3 aromatic rings. The van der Waals surface area contributed by atoms with Crippen molar-refractivity contribution in [2.45, 2.75) is 13.5 Å². The van der Waals surface area contributed by atoms with Crippen LogP contribution >= 0.6 is 22.7 Å². The first-order valence-electron chi connectivity index (χ1n) is 5.25. The topological polar surface area (TPSA) is 60.9 Å². The molecule has 0 saturated carbocycles. The molecule has 92 valence electrons. The van der Waals surface area contributed by atoms with Crippen molar-refractivity contribution in [3.05, 3.63) is 44.1 Å². The zero-order valence-corrected chi connectivity index (χ0v) is 11.1. The molecule has 0 radical (unpaired) electrons. The summed E-state index contributed by atoms with van der Waals surface area (Å²) in [4.78, 5) is 16.9. The fourth-order valence-corrected chi connectivity index (χ4v) is 3.07. The van der Waals surface area contributed by atoms with E-state index in [0.29, 0.717) is 12.4 Å². The molecule has 3 rings (SSSR count). The summed E-state index contributed by atoms with van der Waals surface area (Å²) >= 11 is 3.05. The van der Waals surface area contributed by atoms with Gasteiger partial charge in [-0.25, -0.2) is 14.3 Å². The van der Waals surface area contributed by atoms with E-state index in [1.165, 1.54) is 27.2 Å². The number of nitrogens with zero attached hydrogens (tertiary/aromatic N) is 3. The van der Waals surface area contributed by atoms with Crippen LogP contribution in [-0.4, -0.2) is 14.7 Å². The van der Waals surface area contributed by atoms with Gasteiger partial charge in [0.2, 0.25) is 0 Å². The van der Waals surface area contributed by atoms with Crippen LogP contribution in [-0.2, 0) is 6.54 Å². The van der Waals surface area contributed by atoms with Crippen LogP contribution in [0.15, 0.2) is 32.2 Å². The summed E-state index contributed by atoms with van der Waals surface area (Å²) in [5.74, 6) is 0.106. The van der Waals surface area contributed by atoms with Crippen LogP contribution in [0, 0.1) is 6.92 Å². The zero-order chi connectivity index (χ0) is 12.5. The van der Waals surface area contributed by atoms with Gasteiger partial charge in [-0.15, -0.1) is 22.7 Å². The first-order valence-corrected chi connectivity index (χ1v) is 7.01. The highest BCUT2D eigenvalue weighted by atomic mass is 32.1. The number of thiophene rings is 1. The van der Waals surface area contributed by atoms with Crippen LogP contribution in [0.25, 0.3) is 10.7 Å². The Bertz CT molecular complexity index is 709. The normalized spacial score (nSPS) is 10.9. The molecule has 0 bridgehead atoms. The van der Waals surface area contributed by atoms with Gasteiger partial charge < -0.3 is 0 Å². The highest BCUT2D eigenvalue weighted by molar-refractivity contribution is 7.13. The van der Waals surface area contributed by atoms with Crippen molar-refractivity contribution in [1.29, 1.82) is 0 Å². The van der Waals surface area contributed by atoms with Crippen molar-refractivity contribution in [2.24, 2.45) is 0 Å². The van der Waals surface area contributed by atoms with Gasteiger partial charge in [-0.05, 0) is 18.4 Å². The quantitative estimate of drug-likeness (QED) is 0.738. The summed E-state index contributed by atoms with van der Waals surface area (Å²) in [5, 5.41) is 8.59. The van der Waals surface area contributed by atoms with Crippen molar-refractivity contribution < 1.29 is 4.52 Å². The summed E-state index contributed by atoms with van der Waals surface area (Å²) in [6, 6.07) is 3.82. The zero-order valence-electron chi connectivity index (χ0n) is 9.49. The second-order valence-electron chi connectivity index (χ2n) is 3.72. The third-order valence-corrected chi connectivity index (χ3v) is 4.21. The summed E-state index contributed by atoms with van der Waals surface area (Å²) in [5.41, 5.74) is 0.956. The fourth-order valence-electron chi connectivity index (χ4n) is 1.60. The molecule has 5 nitrogen and oxygen atoms in total. The van der Waals surface area contributed by atoms with Crippen molar-refractivity contribution in [1.82, 2.24) is 14.7 Å². The minimum atomic E-state index is -0.453. The molecule has 0 aliphatic rings. The smallest absolute Gasteiger partial charge is 0.295 e. The average Bonchev–Trinajstić information content (AvgIpc) is 3.03. The van der Waals surface area contributed by atoms with E-state index in [1.807, 2.05) is 29.8 Å². The number of aromatic nitrogens is 3. The number of thiazole rings is 1. The van der Waals surface area contributed by atoms with E-state index in [2.05, 4.69) is 10.1 Å². The van der Waals surface area contributed by atoms with Crippen molar-refractivity contribution in [3.63, 3.8) is 0 Å². The number of hydrogen-bond acceptors (Lipinski definition) is 6. The fraction of sp³-hybridized carbons (Fsp3) is 0.182. The maximum atomic E-state index is 11.7. The first-order chi connectivity index (χ1) is 8.74. The standard InChI is InChI=1S/C11H9N3O2S2/c1-7-6-18-9(12-7)5-14-10(13-16-11(14)15)8-3-2-4-17-8/h2-4,6H,5H2,1H3. The van der Waals surface area contributed by atoms with Crippen molar-refractivity contribution in [2.75, 3.05) is 0 Å². The molecular weight excluding hydrogens is 270 g/mol. The van der Waals surface area contributed by atoms with Crippen LogP contribution in [0.5, 0.6) is 0 Å². The Kier molecular flexibility index (Phi) is 2.85. The molecule has 0 atom stereocenters. The predicted molar refractivity (Wildman–Crippen MR) is 70.0 cm³/mol. The van der Waals surface area contributed by atoms with Crippen molar-refractivity contribution >= 4 is 22.7 Å². The molecule has 18 heavy (non-hydrogen) atoms. The van der Waals surface area contributed by atoms with Gasteiger partial charge in [0.05, 0.1) is 11.4 Å². The number of hydrogen-bond donors (Lipinski definition) is 0. The lowest BCUT2D eigenvalue weighted by atomic mass is 10.4. The highest BCUT2D eigenvalue weighted by Gasteiger charge is 2.15. The van der Waals surface area contributed by atoms with Crippen LogP contribution in [0.3, 0.4) is 0 Å². The van der Waals surface area contributed by atoms with E-state index in [0.717, 1.165) is 15.6 Å². The summed E-state index contributed by atoms with van der Waals surface area (Å²) in [6.07, 6.45) is 0. The Morgan fingerprint density at radius 3 is 3.00 bits per heavy atom. The minimum absolute atomic E-state index is 0.397. The molecule has 3 aromatic heterocycles. The number of aryl methyl sites for hydroxylation is 1. The lowest BCUT2D eigenvalue weighted by molar-refractivity contribution is 0.378. The van der Waals surface area contributed by atoms with Crippen molar-refractivity contribution in [3.8, 4) is 10.7 Å². The van der Waals surface area contributed by atoms with E-state index in [9.17, 15) is 4.79 Å². The Labute approximate surface area is 110 Å².